The van der Waals surface area contributed by atoms with Crippen molar-refractivity contribution in [2.45, 2.75) is 12.8 Å². The molecule has 1 N–H and O–H groups in total. The van der Waals surface area contributed by atoms with Crippen molar-refractivity contribution in [2.75, 3.05) is 13.6 Å². The van der Waals surface area contributed by atoms with E-state index in [2.05, 4.69) is 5.32 Å². The summed E-state index contributed by atoms with van der Waals surface area (Å²) in [6.07, 6.45) is 0. The van der Waals surface area contributed by atoms with Crippen molar-refractivity contribution in [1.29, 1.82) is 0 Å². The van der Waals surface area contributed by atoms with E-state index in [0.717, 1.165) is 5.56 Å². The maximum atomic E-state index is 11.5. The van der Waals surface area contributed by atoms with Crippen LogP contribution in [0.25, 0.3) is 0 Å². The molecule has 0 aliphatic carbocycles. The second kappa shape index (κ2) is 4.77. The van der Waals surface area contributed by atoms with Gasteiger partial charge in [0, 0.05) is 5.92 Å². The van der Waals surface area contributed by atoms with Gasteiger partial charge < -0.3 is 5.32 Å². The lowest BCUT2D eigenvalue weighted by Gasteiger charge is -2.09. The third kappa shape index (κ3) is 2.67. The molecule has 1 unspecified atom stereocenters. The van der Waals surface area contributed by atoms with Crippen LogP contribution < -0.4 is 5.32 Å². The summed E-state index contributed by atoms with van der Waals surface area (Å²) in [6.45, 7) is 2.38. The van der Waals surface area contributed by atoms with Crippen LogP contribution in [0.2, 0.25) is 0 Å². The molecule has 0 spiro atoms. The van der Waals surface area contributed by atoms with Gasteiger partial charge in [-0.05, 0) is 12.6 Å². The summed E-state index contributed by atoms with van der Waals surface area (Å²) in [5.74, 6) is 0.224. The predicted molar refractivity (Wildman–Crippen MR) is 53.8 cm³/mol. The molecular weight excluding hydrogens is 162 g/mol. The molecule has 1 aromatic rings. The van der Waals surface area contributed by atoms with E-state index in [9.17, 15) is 4.79 Å². The third-order valence-electron chi connectivity index (χ3n) is 2.13. The molecule has 2 heteroatoms. The molecule has 0 radical (unpaired) electrons. The number of rotatable bonds is 4. The molecule has 0 saturated heterocycles. The lowest BCUT2D eigenvalue weighted by Crippen LogP contribution is -2.22. The molecule has 0 aliphatic heterocycles. The van der Waals surface area contributed by atoms with E-state index in [4.69, 9.17) is 0 Å². The van der Waals surface area contributed by atoms with Gasteiger partial charge in [-0.25, -0.2) is 0 Å². The Kier molecular flexibility index (Phi) is 3.65. The summed E-state index contributed by atoms with van der Waals surface area (Å²) in [5, 5.41) is 2.87. The summed E-state index contributed by atoms with van der Waals surface area (Å²) in [4.78, 5) is 11.5. The molecule has 0 aliphatic rings. The summed E-state index contributed by atoms with van der Waals surface area (Å²) in [6, 6.07) is 9.84. The number of Topliss-reactive ketones (excluding diaryl/α,β-unsaturated/α-hetero) is 1. The highest BCUT2D eigenvalue weighted by Crippen LogP contribution is 2.14. The zero-order chi connectivity index (χ0) is 9.68. The second-order valence-electron chi connectivity index (χ2n) is 3.13. The first-order valence-electron chi connectivity index (χ1n) is 4.48. The molecule has 13 heavy (non-hydrogen) atoms. The number of nitrogens with one attached hydrogen (secondary N) is 1. The van der Waals surface area contributed by atoms with Crippen molar-refractivity contribution in [2.24, 2.45) is 0 Å². The molecule has 1 atom stereocenters. The first kappa shape index (κ1) is 9.93. The van der Waals surface area contributed by atoms with E-state index >= 15 is 0 Å². The molecular formula is C11H15NO. The Morgan fingerprint density at radius 1 is 1.38 bits per heavy atom. The number of ketones is 1. The Balaban J connectivity index is 2.68. The summed E-state index contributed by atoms with van der Waals surface area (Å²) < 4.78 is 0. The predicted octanol–water partition coefficient (Wildman–Crippen LogP) is 1.58. The molecule has 1 rings (SSSR count). The number of benzene rings is 1. The van der Waals surface area contributed by atoms with Gasteiger partial charge in [0.15, 0.2) is 5.78 Å². The van der Waals surface area contributed by atoms with E-state index in [1.807, 2.05) is 37.3 Å². The minimum atomic E-state index is -0.00588. The highest BCUT2D eigenvalue weighted by molar-refractivity contribution is 5.87. The highest BCUT2D eigenvalue weighted by Gasteiger charge is 2.12. The maximum Gasteiger partial charge on any atom is 0.153 e. The van der Waals surface area contributed by atoms with Crippen molar-refractivity contribution in [3.63, 3.8) is 0 Å². The fourth-order valence-corrected chi connectivity index (χ4v) is 1.25. The molecule has 0 bridgehead atoms. The highest BCUT2D eigenvalue weighted by atomic mass is 16.1. The Morgan fingerprint density at radius 2 is 2.00 bits per heavy atom. The summed E-state index contributed by atoms with van der Waals surface area (Å²) in [7, 11) is 1.79. The Morgan fingerprint density at radius 3 is 2.54 bits per heavy atom. The zero-order valence-electron chi connectivity index (χ0n) is 8.08. The van der Waals surface area contributed by atoms with Crippen LogP contribution in [0.1, 0.15) is 18.4 Å². The number of carbonyl (C=O) groups excluding carboxylic acids is 1. The van der Waals surface area contributed by atoms with Crippen LogP contribution in [-0.2, 0) is 4.79 Å². The van der Waals surface area contributed by atoms with E-state index < -0.39 is 0 Å². The van der Waals surface area contributed by atoms with Crippen LogP contribution in [0.15, 0.2) is 30.3 Å². The van der Waals surface area contributed by atoms with Crippen LogP contribution >= 0.6 is 0 Å². The lowest BCUT2D eigenvalue weighted by atomic mass is 9.97. The van der Waals surface area contributed by atoms with Crippen LogP contribution in [0.4, 0.5) is 0 Å². The van der Waals surface area contributed by atoms with Crippen molar-refractivity contribution >= 4 is 5.78 Å². The molecule has 70 valence electrons. The molecule has 0 amide bonds. The maximum absolute atomic E-state index is 11.5. The number of hydrogen-bond acceptors (Lipinski definition) is 2. The van der Waals surface area contributed by atoms with Gasteiger partial charge in [0.1, 0.15) is 0 Å². The minimum Gasteiger partial charge on any atom is -0.313 e. The molecule has 1 aromatic carbocycles. The Labute approximate surface area is 79.0 Å². The average molecular weight is 177 g/mol. The molecule has 0 aromatic heterocycles. The van der Waals surface area contributed by atoms with E-state index in [1.54, 1.807) is 7.05 Å². The third-order valence-corrected chi connectivity index (χ3v) is 2.13. The molecule has 0 fully saturated rings. The van der Waals surface area contributed by atoms with Crippen molar-refractivity contribution in [1.82, 2.24) is 5.32 Å². The molecule has 2 nitrogen and oxygen atoms in total. The lowest BCUT2D eigenvalue weighted by molar-refractivity contribution is -0.119. The van der Waals surface area contributed by atoms with Crippen LogP contribution in [-0.4, -0.2) is 19.4 Å². The number of likely N-dealkylation sites (N-methyl/N-ethyl adjacent to an activating group) is 1. The second-order valence-corrected chi connectivity index (χ2v) is 3.13. The van der Waals surface area contributed by atoms with Gasteiger partial charge >= 0.3 is 0 Å². The van der Waals surface area contributed by atoms with Gasteiger partial charge in [0.2, 0.25) is 0 Å². The summed E-state index contributed by atoms with van der Waals surface area (Å²) >= 11 is 0. The van der Waals surface area contributed by atoms with Gasteiger partial charge in [-0.3, -0.25) is 4.79 Å². The van der Waals surface area contributed by atoms with Crippen molar-refractivity contribution < 1.29 is 4.79 Å². The Hall–Kier alpha value is -1.15. The van der Waals surface area contributed by atoms with E-state index in [1.165, 1.54) is 0 Å². The first-order chi connectivity index (χ1) is 6.25. The zero-order valence-corrected chi connectivity index (χ0v) is 8.08. The quantitative estimate of drug-likeness (QED) is 0.756. The molecule has 0 heterocycles. The van der Waals surface area contributed by atoms with Crippen molar-refractivity contribution in [3.8, 4) is 0 Å². The largest absolute Gasteiger partial charge is 0.313 e. The smallest absolute Gasteiger partial charge is 0.153 e. The number of hydrogen-bond donors (Lipinski definition) is 1. The SMILES string of the molecule is CNCC(=O)C(C)c1ccccc1. The first-order valence-corrected chi connectivity index (χ1v) is 4.48. The van der Waals surface area contributed by atoms with E-state index in [0.29, 0.717) is 6.54 Å². The van der Waals surface area contributed by atoms with Crippen LogP contribution in [0.3, 0.4) is 0 Å². The summed E-state index contributed by atoms with van der Waals surface area (Å²) in [5.41, 5.74) is 1.09. The fraction of sp³-hybridized carbons (Fsp3) is 0.364. The van der Waals surface area contributed by atoms with Gasteiger partial charge in [0.25, 0.3) is 0 Å². The van der Waals surface area contributed by atoms with Gasteiger partial charge in [-0.1, -0.05) is 37.3 Å². The van der Waals surface area contributed by atoms with E-state index in [-0.39, 0.29) is 11.7 Å². The van der Waals surface area contributed by atoms with Gasteiger partial charge in [-0.2, -0.15) is 0 Å². The minimum absolute atomic E-state index is 0.00588. The monoisotopic (exact) mass is 177 g/mol. The number of carbonyl (C=O) groups is 1. The average Bonchev–Trinajstić information content (AvgIpc) is 2.18. The topological polar surface area (TPSA) is 29.1 Å². The van der Waals surface area contributed by atoms with Gasteiger partial charge in [-0.15, -0.1) is 0 Å². The molecule has 0 saturated carbocycles. The van der Waals surface area contributed by atoms with Crippen LogP contribution in [0, 0.1) is 0 Å². The van der Waals surface area contributed by atoms with Crippen LogP contribution in [0.5, 0.6) is 0 Å². The fourth-order valence-electron chi connectivity index (χ4n) is 1.25. The van der Waals surface area contributed by atoms with Gasteiger partial charge in [0.05, 0.1) is 6.54 Å². The normalized spacial score (nSPS) is 12.5. The standard InChI is InChI=1S/C11H15NO/c1-9(11(13)8-12-2)10-6-4-3-5-7-10/h3-7,9,12H,8H2,1-2H3. The Bertz CT molecular complexity index is 269. The van der Waals surface area contributed by atoms with Crippen molar-refractivity contribution in [3.05, 3.63) is 35.9 Å².